The molecule has 0 aliphatic heterocycles. The van der Waals surface area contributed by atoms with Gasteiger partial charge in [-0.1, -0.05) is 13.8 Å². The van der Waals surface area contributed by atoms with Crippen LogP contribution >= 0.6 is 12.6 Å². The van der Waals surface area contributed by atoms with Crippen LogP contribution in [0.25, 0.3) is 0 Å². The summed E-state index contributed by atoms with van der Waals surface area (Å²) in [5.41, 5.74) is -0.0941. The van der Waals surface area contributed by atoms with Crippen LogP contribution in [0, 0.1) is 5.41 Å². The number of thiol groups is 1. The minimum Gasteiger partial charge on any atom is -0.298 e. The molecule has 0 aromatic rings. The first-order valence-corrected chi connectivity index (χ1v) is 5.78. The predicted molar refractivity (Wildman–Crippen MR) is 60.4 cm³/mol. The summed E-state index contributed by atoms with van der Waals surface area (Å²) < 4.78 is 36.4. The Labute approximate surface area is 95.4 Å². The smallest absolute Gasteiger partial charge is 0.298 e. The first kappa shape index (κ1) is 15.1. The molecule has 0 N–H and O–H groups in total. The van der Waals surface area contributed by atoms with Crippen molar-refractivity contribution in [3.8, 4) is 0 Å². The maximum absolute atomic E-state index is 12.1. The van der Waals surface area contributed by atoms with Crippen LogP contribution in [0.5, 0.6) is 0 Å². The third-order valence-electron chi connectivity index (χ3n) is 2.89. The predicted octanol–water partition coefficient (Wildman–Crippen LogP) is 3.22. The molecule has 15 heavy (non-hydrogen) atoms. The standard InChI is InChI=1S/C10H20F3NS/c1-4-9(5-2,8-15)6-14(3)7-10(11,12)13/h15H,4-8H2,1-3H3. The molecule has 0 rings (SSSR count). The van der Waals surface area contributed by atoms with E-state index < -0.39 is 12.7 Å². The van der Waals surface area contributed by atoms with E-state index in [4.69, 9.17) is 0 Å². The zero-order valence-electron chi connectivity index (χ0n) is 9.56. The van der Waals surface area contributed by atoms with Crippen LogP contribution in [-0.4, -0.2) is 37.0 Å². The number of hydrogen-bond acceptors (Lipinski definition) is 2. The highest BCUT2D eigenvalue weighted by molar-refractivity contribution is 7.80. The minimum atomic E-state index is -4.11. The number of nitrogens with zero attached hydrogens (tertiary/aromatic N) is 1. The molecule has 1 nitrogen and oxygen atoms in total. The number of halogens is 3. The van der Waals surface area contributed by atoms with E-state index in [0.29, 0.717) is 12.3 Å². The van der Waals surface area contributed by atoms with E-state index in [0.717, 1.165) is 12.8 Å². The van der Waals surface area contributed by atoms with E-state index in [1.165, 1.54) is 11.9 Å². The highest BCUT2D eigenvalue weighted by atomic mass is 32.1. The van der Waals surface area contributed by atoms with Crippen molar-refractivity contribution < 1.29 is 13.2 Å². The lowest BCUT2D eigenvalue weighted by Gasteiger charge is -2.34. The molecule has 0 radical (unpaired) electrons. The molecule has 0 bridgehead atoms. The highest BCUT2D eigenvalue weighted by Gasteiger charge is 2.33. The SMILES string of the molecule is CCC(CC)(CS)CN(C)CC(F)(F)F. The van der Waals surface area contributed by atoms with E-state index >= 15 is 0 Å². The lowest BCUT2D eigenvalue weighted by atomic mass is 9.84. The van der Waals surface area contributed by atoms with Crippen molar-refractivity contribution in [3.63, 3.8) is 0 Å². The zero-order valence-corrected chi connectivity index (χ0v) is 10.5. The van der Waals surface area contributed by atoms with Crippen molar-refractivity contribution in [2.24, 2.45) is 5.41 Å². The summed E-state index contributed by atoms with van der Waals surface area (Å²) in [5, 5.41) is 0. The Balaban J connectivity index is 4.29. The fourth-order valence-corrected chi connectivity index (χ4v) is 2.23. The summed E-state index contributed by atoms with van der Waals surface area (Å²) in [5.74, 6) is 0.627. The molecule has 0 aromatic carbocycles. The van der Waals surface area contributed by atoms with E-state index in [9.17, 15) is 13.2 Å². The first-order valence-electron chi connectivity index (χ1n) is 5.14. The van der Waals surface area contributed by atoms with Crippen LogP contribution in [0.3, 0.4) is 0 Å². The number of rotatable bonds is 6. The van der Waals surface area contributed by atoms with Crippen LogP contribution < -0.4 is 0 Å². The molecule has 0 saturated heterocycles. The van der Waals surface area contributed by atoms with Crippen LogP contribution in [0.2, 0.25) is 0 Å². The maximum Gasteiger partial charge on any atom is 0.401 e. The second-order valence-corrected chi connectivity index (χ2v) is 4.47. The van der Waals surface area contributed by atoms with Crippen LogP contribution in [0.4, 0.5) is 13.2 Å². The van der Waals surface area contributed by atoms with Crippen molar-refractivity contribution in [1.29, 1.82) is 0 Å². The molecule has 0 unspecified atom stereocenters. The second-order valence-electron chi connectivity index (χ2n) is 4.15. The van der Waals surface area contributed by atoms with Gasteiger partial charge >= 0.3 is 6.18 Å². The summed E-state index contributed by atoms with van der Waals surface area (Å²) >= 11 is 4.24. The number of alkyl halides is 3. The van der Waals surface area contributed by atoms with Crippen molar-refractivity contribution in [1.82, 2.24) is 4.90 Å². The van der Waals surface area contributed by atoms with Gasteiger partial charge in [0.25, 0.3) is 0 Å². The molecule has 0 amide bonds. The normalized spacial score (nSPS) is 13.6. The molecule has 0 fully saturated rings. The monoisotopic (exact) mass is 243 g/mol. The Morgan fingerprint density at radius 1 is 1.07 bits per heavy atom. The molecule has 5 heteroatoms. The fourth-order valence-electron chi connectivity index (χ4n) is 1.68. The van der Waals surface area contributed by atoms with Gasteiger partial charge in [-0.25, -0.2) is 0 Å². The van der Waals surface area contributed by atoms with Gasteiger partial charge in [-0.2, -0.15) is 25.8 Å². The molecular weight excluding hydrogens is 223 g/mol. The lowest BCUT2D eigenvalue weighted by molar-refractivity contribution is -0.145. The molecule has 0 aliphatic carbocycles. The van der Waals surface area contributed by atoms with Gasteiger partial charge in [-0.15, -0.1) is 0 Å². The van der Waals surface area contributed by atoms with Gasteiger partial charge in [0.15, 0.2) is 0 Å². The van der Waals surface area contributed by atoms with Crippen molar-refractivity contribution in [3.05, 3.63) is 0 Å². The quantitative estimate of drug-likeness (QED) is 0.701. The van der Waals surface area contributed by atoms with Gasteiger partial charge in [-0.05, 0) is 31.1 Å². The summed E-state index contributed by atoms with van der Waals surface area (Å²) in [7, 11) is 1.51. The molecule has 0 spiro atoms. The van der Waals surface area contributed by atoms with Gasteiger partial charge in [0.05, 0.1) is 6.54 Å². The molecule has 0 heterocycles. The summed E-state index contributed by atoms with van der Waals surface area (Å²) in [6.07, 6.45) is -2.40. The van der Waals surface area contributed by atoms with Gasteiger partial charge < -0.3 is 0 Å². The molecule has 92 valence electrons. The number of hydrogen-bond donors (Lipinski definition) is 1. The lowest BCUT2D eigenvalue weighted by Crippen LogP contribution is -2.40. The van der Waals surface area contributed by atoms with Gasteiger partial charge in [0.2, 0.25) is 0 Å². The average Bonchev–Trinajstić information content (AvgIpc) is 2.11. The molecule has 0 atom stereocenters. The Bertz CT molecular complexity index is 170. The Morgan fingerprint density at radius 3 is 1.80 bits per heavy atom. The second kappa shape index (κ2) is 5.99. The molecule has 0 aromatic heterocycles. The Morgan fingerprint density at radius 2 is 1.53 bits per heavy atom. The Kier molecular flexibility index (Phi) is 6.03. The minimum absolute atomic E-state index is 0.0941. The maximum atomic E-state index is 12.1. The van der Waals surface area contributed by atoms with Crippen LogP contribution in [0.1, 0.15) is 26.7 Å². The zero-order chi connectivity index (χ0) is 12.1. The third kappa shape index (κ3) is 5.66. The summed E-state index contributed by atoms with van der Waals surface area (Å²) in [4.78, 5) is 1.34. The van der Waals surface area contributed by atoms with Gasteiger partial charge in [0, 0.05) is 6.54 Å². The van der Waals surface area contributed by atoms with Gasteiger partial charge in [0.1, 0.15) is 0 Å². The van der Waals surface area contributed by atoms with Crippen LogP contribution in [-0.2, 0) is 0 Å². The van der Waals surface area contributed by atoms with E-state index in [1.54, 1.807) is 0 Å². The summed E-state index contributed by atoms with van der Waals surface area (Å²) in [6, 6.07) is 0. The first-order chi connectivity index (χ1) is 6.78. The largest absolute Gasteiger partial charge is 0.401 e. The topological polar surface area (TPSA) is 3.24 Å². The molecular formula is C10H20F3NS. The molecule has 0 saturated carbocycles. The van der Waals surface area contributed by atoms with Crippen molar-refractivity contribution >= 4 is 12.6 Å². The molecule has 0 aliphatic rings. The third-order valence-corrected chi connectivity index (χ3v) is 3.56. The highest BCUT2D eigenvalue weighted by Crippen LogP contribution is 2.29. The van der Waals surface area contributed by atoms with Crippen molar-refractivity contribution in [2.75, 3.05) is 25.9 Å². The van der Waals surface area contributed by atoms with Crippen molar-refractivity contribution in [2.45, 2.75) is 32.9 Å². The summed E-state index contributed by atoms with van der Waals surface area (Å²) in [6.45, 7) is 3.60. The fraction of sp³-hybridized carbons (Fsp3) is 1.00. The van der Waals surface area contributed by atoms with E-state index in [1.807, 2.05) is 13.8 Å². The van der Waals surface area contributed by atoms with Gasteiger partial charge in [-0.3, -0.25) is 4.90 Å². The van der Waals surface area contributed by atoms with Crippen LogP contribution in [0.15, 0.2) is 0 Å². The van der Waals surface area contributed by atoms with E-state index in [2.05, 4.69) is 12.6 Å². The Hall–Kier alpha value is 0.100. The average molecular weight is 243 g/mol. The van der Waals surface area contributed by atoms with E-state index in [-0.39, 0.29) is 5.41 Å².